The molecule has 0 saturated carbocycles. The molecule has 7 nitrogen and oxygen atoms in total. The minimum Gasteiger partial charge on any atom is -0.423 e. The van der Waals surface area contributed by atoms with Gasteiger partial charge in [0.1, 0.15) is 10.5 Å². The molecule has 4 rings (SSSR count). The van der Waals surface area contributed by atoms with Crippen LogP contribution in [0.4, 0.5) is 12.0 Å². The number of hydrogen-bond acceptors (Lipinski definition) is 7. The van der Waals surface area contributed by atoms with Crippen molar-refractivity contribution in [2.45, 2.75) is 19.8 Å². The van der Waals surface area contributed by atoms with Gasteiger partial charge in [-0.2, -0.15) is 9.36 Å². The van der Waals surface area contributed by atoms with Gasteiger partial charge in [-0.05, 0) is 43.4 Å². The van der Waals surface area contributed by atoms with Crippen LogP contribution in [0.3, 0.4) is 0 Å². The molecular weight excluding hydrogens is 362 g/mol. The molecule has 0 aliphatic carbocycles. The van der Waals surface area contributed by atoms with Crippen LogP contribution in [0.15, 0.2) is 22.6 Å². The van der Waals surface area contributed by atoms with E-state index in [1.807, 2.05) is 13.0 Å². The summed E-state index contributed by atoms with van der Waals surface area (Å²) in [6.45, 7) is 3.28. The van der Waals surface area contributed by atoms with E-state index in [9.17, 15) is 4.79 Å². The highest BCUT2D eigenvalue weighted by atomic mass is 35.5. The maximum atomic E-state index is 12.3. The van der Waals surface area contributed by atoms with Crippen LogP contribution < -0.4 is 10.2 Å². The molecule has 1 aromatic carbocycles. The second-order valence-electron chi connectivity index (χ2n) is 6.00. The van der Waals surface area contributed by atoms with Crippen LogP contribution in [0.2, 0.25) is 5.02 Å². The number of carbonyl (C=O) groups excluding carboxylic acids is 1. The van der Waals surface area contributed by atoms with Gasteiger partial charge in [0.25, 0.3) is 6.01 Å². The van der Waals surface area contributed by atoms with E-state index in [4.69, 9.17) is 16.0 Å². The van der Waals surface area contributed by atoms with Gasteiger partial charge in [-0.1, -0.05) is 11.6 Å². The van der Waals surface area contributed by atoms with Crippen LogP contribution in [-0.4, -0.2) is 33.3 Å². The molecule has 1 fully saturated rings. The minimum absolute atomic E-state index is 0.0261. The monoisotopic (exact) mass is 377 g/mol. The second kappa shape index (κ2) is 6.61. The molecule has 3 aromatic rings. The summed E-state index contributed by atoms with van der Waals surface area (Å²) in [6, 6.07) is 5.97. The van der Waals surface area contributed by atoms with Crippen molar-refractivity contribution in [1.29, 1.82) is 0 Å². The Morgan fingerprint density at radius 2 is 2.16 bits per heavy atom. The Kier molecular flexibility index (Phi) is 4.30. The molecule has 1 aliphatic heterocycles. The van der Waals surface area contributed by atoms with Crippen molar-refractivity contribution in [3.63, 3.8) is 0 Å². The summed E-state index contributed by atoms with van der Waals surface area (Å²) in [7, 11) is 0. The molecule has 0 bridgehead atoms. The molecule has 0 unspecified atom stereocenters. The number of benzene rings is 1. The van der Waals surface area contributed by atoms with E-state index in [1.165, 1.54) is 11.5 Å². The smallest absolute Gasteiger partial charge is 0.298 e. The first-order chi connectivity index (χ1) is 12.1. The zero-order valence-corrected chi connectivity index (χ0v) is 15.1. The number of oxazole rings is 1. The number of aryl methyl sites for hydroxylation is 1. The first-order valence-electron chi connectivity index (χ1n) is 8.01. The Balaban J connectivity index is 1.39. The van der Waals surface area contributed by atoms with Crippen molar-refractivity contribution >= 4 is 52.1 Å². The van der Waals surface area contributed by atoms with Crippen LogP contribution in [0.5, 0.6) is 0 Å². The number of aromatic nitrogens is 3. The first kappa shape index (κ1) is 16.3. The number of hydrogen-bond donors (Lipinski definition) is 1. The van der Waals surface area contributed by atoms with Gasteiger partial charge in [0, 0.05) is 30.1 Å². The highest BCUT2D eigenvalue weighted by molar-refractivity contribution is 7.05. The van der Waals surface area contributed by atoms with Gasteiger partial charge >= 0.3 is 0 Å². The van der Waals surface area contributed by atoms with E-state index in [1.54, 1.807) is 12.1 Å². The lowest BCUT2D eigenvalue weighted by Gasteiger charge is -2.29. The van der Waals surface area contributed by atoms with Gasteiger partial charge in [0.15, 0.2) is 5.58 Å². The van der Waals surface area contributed by atoms with Crippen molar-refractivity contribution in [2.24, 2.45) is 5.92 Å². The lowest BCUT2D eigenvalue weighted by Crippen LogP contribution is -2.38. The van der Waals surface area contributed by atoms with Crippen LogP contribution in [0, 0.1) is 12.8 Å². The van der Waals surface area contributed by atoms with Crippen molar-refractivity contribution in [1.82, 2.24) is 14.3 Å². The molecule has 2 aromatic heterocycles. The summed E-state index contributed by atoms with van der Waals surface area (Å²) in [5, 5.41) is 4.25. The molecule has 9 heteroatoms. The molecule has 3 heterocycles. The summed E-state index contributed by atoms with van der Waals surface area (Å²) >= 11 is 7.26. The second-order valence-corrected chi connectivity index (χ2v) is 7.39. The minimum atomic E-state index is -0.0566. The molecule has 130 valence electrons. The third kappa shape index (κ3) is 3.45. The third-order valence-electron chi connectivity index (χ3n) is 4.24. The summed E-state index contributed by atoms with van der Waals surface area (Å²) in [5.41, 5.74) is 1.46. The van der Waals surface area contributed by atoms with E-state index >= 15 is 0 Å². The number of fused-ring (bicyclic) bond motifs is 1. The van der Waals surface area contributed by atoms with Crippen LogP contribution in [0.1, 0.15) is 17.8 Å². The molecule has 1 amide bonds. The standard InChI is InChI=1S/C16H16ClN5O2S/c1-9-18-15(21-25-9)20-14(23)10-4-6-22(7-5-10)16-19-12-3-2-11(17)8-13(12)24-16/h2-3,8,10H,4-7H2,1H3,(H,20,21,23). The average Bonchev–Trinajstić information content (AvgIpc) is 3.20. The number of nitrogens with one attached hydrogen (secondary N) is 1. The molecule has 25 heavy (non-hydrogen) atoms. The van der Waals surface area contributed by atoms with Crippen molar-refractivity contribution in [3.8, 4) is 0 Å². The van der Waals surface area contributed by atoms with E-state index in [0.29, 0.717) is 35.7 Å². The van der Waals surface area contributed by atoms with E-state index < -0.39 is 0 Å². The molecule has 0 radical (unpaired) electrons. The predicted octanol–water partition coefficient (Wildman–Crippen LogP) is 3.50. The number of nitrogens with zero attached hydrogens (tertiary/aromatic N) is 4. The maximum Gasteiger partial charge on any atom is 0.298 e. The fourth-order valence-electron chi connectivity index (χ4n) is 2.92. The Hall–Kier alpha value is -2.19. The zero-order chi connectivity index (χ0) is 17.4. The summed E-state index contributed by atoms with van der Waals surface area (Å²) < 4.78 is 9.89. The van der Waals surface area contributed by atoms with Crippen molar-refractivity contribution < 1.29 is 9.21 Å². The van der Waals surface area contributed by atoms with Gasteiger partial charge in [-0.3, -0.25) is 10.1 Å². The van der Waals surface area contributed by atoms with Crippen LogP contribution in [0.25, 0.3) is 11.1 Å². The maximum absolute atomic E-state index is 12.3. The fraction of sp³-hybridized carbons (Fsp3) is 0.375. The number of piperidine rings is 1. The summed E-state index contributed by atoms with van der Waals surface area (Å²) in [6.07, 6.45) is 1.46. The van der Waals surface area contributed by atoms with E-state index in [-0.39, 0.29) is 11.8 Å². The number of anilines is 2. The van der Waals surface area contributed by atoms with E-state index in [0.717, 1.165) is 23.4 Å². The highest BCUT2D eigenvalue weighted by Crippen LogP contribution is 2.28. The molecule has 0 spiro atoms. The number of amides is 1. The van der Waals surface area contributed by atoms with Gasteiger partial charge < -0.3 is 9.32 Å². The molecular formula is C16H16ClN5O2S. The molecule has 1 saturated heterocycles. The topological polar surface area (TPSA) is 84.2 Å². The summed E-state index contributed by atoms with van der Waals surface area (Å²) in [4.78, 5) is 23.1. The van der Waals surface area contributed by atoms with Gasteiger partial charge in [-0.15, -0.1) is 0 Å². The number of rotatable bonds is 3. The first-order valence-corrected chi connectivity index (χ1v) is 9.16. The average molecular weight is 378 g/mol. The quantitative estimate of drug-likeness (QED) is 0.752. The Labute approximate surface area is 153 Å². The Morgan fingerprint density at radius 3 is 2.88 bits per heavy atom. The van der Waals surface area contributed by atoms with Gasteiger partial charge in [-0.25, -0.2) is 4.98 Å². The zero-order valence-electron chi connectivity index (χ0n) is 13.5. The Bertz CT molecular complexity index is 916. The SMILES string of the molecule is Cc1nc(NC(=O)C2CCN(c3nc4ccc(Cl)cc4o3)CC2)ns1. The predicted molar refractivity (Wildman–Crippen MR) is 97.2 cm³/mol. The van der Waals surface area contributed by atoms with Crippen LogP contribution >= 0.6 is 23.1 Å². The largest absolute Gasteiger partial charge is 0.423 e. The third-order valence-corrected chi connectivity index (χ3v) is 5.09. The highest BCUT2D eigenvalue weighted by Gasteiger charge is 2.27. The normalized spacial score (nSPS) is 15.7. The Morgan fingerprint density at radius 1 is 1.36 bits per heavy atom. The fourth-order valence-corrected chi connectivity index (χ4v) is 3.51. The van der Waals surface area contributed by atoms with E-state index in [2.05, 4.69) is 24.6 Å². The molecule has 1 N–H and O–H groups in total. The lowest BCUT2D eigenvalue weighted by atomic mass is 9.96. The van der Waals surface area contributed by atoms with Crippen LogP contribution in [-0.2, 0) is 4.79 Å². The summed E-state index contributed by atoms with van der Waals surface area (Å²) in [5.74, 6) is 0.312. The van der Waals surface area contributed by atoms with Gasteiger partial charge in [0.05, 0.1) is 0 Å². The van der Waals surface area contributed by atoms with Gasteiger partial charge in [0.2, 0.25) is 11.9 Å². The number of halogens is 1. The number of carbonyl (C=O) groups is 1. The molecule has 1 aliphatic rings. The van der Waals surface area contributed by atoms with Crippen molar-refractivity contribution in [3.05, 3.63) is 28.2 Å². The molecule has 0 atom stereocenters. The lowest BCUT2D eigenvalue weighted by molar-refractivity contribution is -0.120. The van der Waals surface area contributed by atoms with Crippen molar-refractivity contribution in [2.75, 3.05) is 23.3 Å².